The monoisotopic (exact) mass is 551 g/mol. The summed E-state index contributed by atoms with van der Waals surface area (Å²) < 4.78 is 8.67. The zero-order valence-electron chi connectivity index (χ0n) is 25.2. The number of hydrogen-bond acceptors (Lipinski definition) is 2. The minimum absolute atomic E-state index is 0.0346. The standard InChI is InChI=1S/C38H49NO2/c1-2-3-4-5-6-7-8-9-10-11-12-13-14-23-30-39-35-29-22-21-28-34(35)37(40)38(36(39)33-26-19-16-20-27-33)41-31-32-24-17-15-18-25-32/h15-22,24-29H,2-14,23,30-31H2,1H3. The van der Waals surface area contributed by atoms with Gasteiger partial charge in [-0.2, -0.15) is 0 Å². The first kappa shape index (κ1) is 30.6. The number of nitrogens with zero attached hydrogens (tertiary/aromatic N) is 1. The van der Waals surface area contributed by atoms with E-state index in [0.29, 0.717) is 12.4 Å². The molecule has 0 saturated heterocycles. The number of ether oxygens (including phenoxy) is 1. The fourth-order valence-corrected chi connectivity index (χ4v) is 5.82. The van der Waals surface area contributed by atoms with E-state index in [2.05, 4.69) is 29.7 Å². The number of pyridine rings is 1. The zero-order valence-corrected chi connectivity index (χ0v) is 25.2. The zero-order chi connectivity index (χ0) is 28.5. The third-order valence-electron chi connectivity index (χ3n) is 8.14. The number of aryl methyl sites for hydroxylation is 1. The average molecular weight is 552 g/mol. The van der Waals surface area contributed by atoms with Gasteiger partial charge in [-0.25, -0.2) is 0 Å². The number of benzene rings is 3. The van der Waals surface area contributed by atoms with Gasteiger partial charge >= 0.3 is 0 Å². The van der Waals surface area contributed by atoms with Gasteiger partial charge in [0.2, 0.25) is 5.43 Å². The van der Waals surface area contributed by atoms with Gasteiger partial charge < -0.3 is 9.30 Å². The van der Waals surface area contributed by atoms with Gasteiger partial charge in [-0.1, -0.05) is 163 Å². The van der Waals surface area contributed by atoms with Crippen molar-refractivity contribution in [2.75, 3.05) is 0 Å². The summed E-state index contributed by atoms with van der Waals surface area (Å²) >= 11 is 0. The normalized spacial score (nSPS) is 11.2. The molecule has 3 heteroatoms. The van der Waals surface area contributed by atoms with Gasteiger partial charge in [-0.15, -0.1) is 0 Å². The quantitative estimate of drug-likeness (QED) is 0.109. The van der Waals surface area contributed by atoms with Crippen molar-refractivity contribution in [1.29, 1.82) is 0 Å². The highest BCUT2D eigenvalue weighted by molar-refractivity contribution is 5.86. The number of para-hydroxylation sites is 1. The lowest BCUT2D eigenvalue weighted by molar-refractivity contribution is 0.302. The maximum atomic E-state index is 13.8. The van der Waals surface area contributed by atoms with Crippen molar-refractivity contribution < 1.29 is 4.74 Å². The highest BCUT2D eigenvalue weighted by atomic mass is 16.5. The molecule has 0 atom stereocenters. The maximum Gasteiger partial charge on any atom is 0.231 e. The van der Waals surface area contributed by atoms with E-state index in [0.717, 1.165) is 40.7 Å². The summed E-state index contributed by atoms with van der Waals surface area (Å²) in [6, 6.07) is 28.3. The van der Waals surface area contributed by atoms with E-state index >= 15 is 0 Å². The fourth-order valence-electron chi connectivity index (χ4n) is 5.82. The van der Waals surface area contributed by atoms with Crippen LogP contribution in [-0.2, 0) is 13.2 Å². The van der Waals surface area contributed by atoms with Crippen molar-refractivity contribution in [3.63, 3.8) is 0 Å². The van der Waals surface area contributed by atoms with E-state index in [9.17, 15) is 4.79 Å². The molecule has 1 heterocycles. The van der Waals surface area contributed by atoms with Crippen LogP contribution in [0.3, 0.4) is 0 Å². The highest BCUT2D eigenvalue weighted by Crippen LogP contribution is 2.32. The van der Waals surface area contributed by atoms with Gasteiger partial charge in [0, 0.05) is 17.5 Å². The highest BCUT2D eigenvalue weighted by Gasteiger charge is 2.20. The van der Waals surface area contributed by atoms with E-state index in [1.807, 2.05) is 66.7 Å². The predicted octanol–water partition coefficient (Wildman–Crippen LogP) is 10.7. The average Bonchev–Trinajstić information content (AvgIpc) is 3.02. The summed E-state index contributed by atoms with van der Waals surface area (Å²) in [5, 5.41) is 0.723. The second-order valence-corrected chi connectivity index (χ2v) is 11.4. The first-order chi connectivity index (χ1) is 20.3. The Morgan fingerprint density at radius 1 is 0.585 bits per heavy atom. The molecule has 0 spiro atoms. The molecule has 0 amide bonds. The summed E-state index contributed by atoms with van der Waals surface area (Å²) in [4.78, 5) is 13.8. The lowest BCUT2D eigenvalue weighted by Gasteiger charge is -2.21. The van der Waals surface area contributed by atoms with Crippen LogP contribution >= 0.6 is 0 Å². The van der Waals surface area contributed by atoms with Crippen LogP contribution in [0.2, 0.25) is 0 Å². The Hall–Kier alpha value is -3.33. The van der Waals surface area contributed by atoms with Crippen molar-refractivity contribution in [2.24, 2.45) is 0 Å². The van der Waals surface area contributed by atoms with E-state index < -0.39 is 0 Å². The summed E-state index contributed by atoms with van der Waals surface area (Å²) in [7, 11) is 0. The summed E-state index contributed by atoms with van der Waals surface area (Å²) in [5.41, 5.74) is 3.91. The Morgan fingerprint density at radius 2 is 1.10 bits per heavy atom. The Balaban J connectivity index is 1.38. The van der Waals surface area contributed by atoms with Gasteiger partial charge in [0.1, 0.15) is 6.61 Å². The van der Waals surface area contributed by atoms with Gasteiger partial charge in [0.25, 0.3) is 0 Å². The van der Waals surface area contributed by atoms with Crippen molar-refractivity contribution in [3.8, 4) is 17.0 Å². The van der Waals surface area contributed by atoms with Crippen molar-refractivity contribution in [3.05, 3.63) is 101 Å². The van der Waals surface area contributed by atoms with Crippen molar-refractivity contribution in [1.82, 2.24) is 4.57 Å². The summed E-state index contributed by atoms with van der Waals surface area (Å²) in [5.74, 6) is 0.448. The fraction of sp³-hybridized carbons (Fsp3) is 0.447. The van der Waals surface area contributed by atoms with Crippen molar-refractivity contribution in [2.45, 2.75) is 110 Å². The summed E-state index contributed by atoms with van der Waals surface area (Å²) in [6.45, 7) is 3.52. The van der Waals surface area contributed by atoms with Gasteiger partial charge in [0.15, 0.2) is 5.75 Å². The first-order valence-corrected chi connectivity index (χ1v) is 16.2. The number of aromatic nitrogens is 1. The van der Waals surface area contributed by atoms with Crippen LogP contribution in [0, 0.1) is 0 Å². The topological polar surface area (TPSA) is 31.2 Å². The van der Waals surface area contributed by atoms with Crippen LogP contribution in [0.25, 0.3) is 22.2 Å². The van der Waals surface area contributed by atoms with Crippen LogP contribution in [0.15, 0.2) is 89.7 Å². The second-order valence-electron chi connectivity index (χ2n) is 11.4. The van der Waals surface area contributed by atoms with E-state index in [1.165, 1.54) is 83.5 Å². The molecule has 0 saturated carbocycles. The Morgan fingerprint density at radius 3 is 1.71 bits per heavy atom. The molecule has 4 aromatic rings. The van der Waals surface area contributed by atoms with E-state index in [4.69, 9.17) is 4.74 Å². The number of fused-ring (bicyclic) bond motifs is 1. The Bertz CT molecular complexity index is 1340. The molecule has 0 aliphatic carbocycles. The lowest BCUT2D eigenvalue weighted by Crippen LogP contribution is -2.17. The van der Waals surface area contributed by atoms with E-state index in [-0.39, 0.29) is 5.43 Å². The molecular formula is C38H49NO2. The minimum atomic E-state index is -0.0346. The third kappa shape index (κ3) is 9.35. The van der Waals surface area contributed by atoms with Crippen molar-refractivity contribution >= 4 is 10.9 Å². The van der Waals surface area contributed by atoms with E-state index in [1.54, 1.807) is 0 Å². The molecule has 0 radical (unpaired) electrons. The van der Waals surface area contributed by atoms with Gasteiger partial charge in [-0.3, -0.25) is 4.79 Å². The molecule has 3 aromatic carbocycles. The smallest absolute Gasteiger partial charge is 0.231 e. The minimum Gasteiger partial charge on any atom is -0.483 e. The molecule has 3 nitrogen and oxygen atoms in total. The third-order valence-corrected chi connectivity index (χ3v) is 8.14. The summed E-state index contributed by atoms with van der Waals surface area (Å²) in [6.07, 6.45) is 18.8. The van der Waals surface area contributed by atoms with Crippen LogP contribution in [0.1, 0.15) is 102 Å². The molecular weight excluding hydrogens is 502 g/mol. The van der Waals surface area contributed by atoms with Crippen LogP contribution in [0.5, 0.6) is 5.75 Å². The first-order valence-electron chi connectivity index (χ1n) is 16.2. The molecule has 0 N–H and O–H groups in total. The second kappa shape index (κ2) is 17.5. The molecule has 218 valence electrons. The maximum absolute atomic E-state index is 13.8. The van der Waals surface area contributed by atoms with Crippen LogP contribution < -0.4 is 10.2 Å². The largest absolute Gasteiger partial charge is 0.483 e. The van der Waals surface area contributed by atoms with Gasteiger partial charge in [0.05, 0.1) is 11.2 Å². The molecule has 1 aromatic heterocycles. The Kier molecular flexibility index (Phi) is 13.1. The van der Waals surface area contributed by atoms with Crippen LogP contribution in [0.4, 0.5) is 0 Å². The number of rotatable bonds is 19. The lowest BCUT2D eigenvalue weighted by atomic mass is 10.0. The molecule has 0 bridgehead atoms. The molecule has 0 aliphatic rings. The number of hydrogen-bond donors (Lipinski definition) is 0. The van der Waals surface area contributed by atoms with Crippen LogP contribution in [-0.4, -0.2) is 4.57 Å². The molecule has 41 heavy (non-hydrogen) atoms. The SMILES string of the molecule is CCCCCCCCCCCCCCCCn1c(-c2ccccc2)c(OCc2ccccc2)c(=O)c2ccccc21. The molecule has 0 aliphatic heterocycles. The number of unbranched alkanes of at least 4 members (excludes halogenated alkanes) is 13. The molecule has 0 unspecified atom stereocenters. The predicted molar refractivity (Wildman–Crippen MR) is 175 cm³/mol. The Labute approximate surface area is 247 Å². The molecule has 4 rings (SSSR count). The molecule has 0 fully saturated rings. The van der Waals surface area contributed by atoms with Gasteiger partial charge in [-0.05, 0) is 24.1 Å².